The van der Waals surface area contributed by atoms with Gasteiger partial charge in [0.25, 0.3) is 0 Å². The van der Waals surface area contributed by atoms with E-state index in [9.17, 15) is 0 Å². The van der Waals surface area contributed by atoms with Crippen LogP contribution < -0.4 is 0 Å². The lowest BCUT2D eigenvalue weighted by atomic mass is 10.0. The molecule has 0 aliphatic heterocycles. The molecule has 0 fully saturated rings. The number of hydrogen-bond acceptors (Lipinski definition) is 1. The van der Waals surface area contributed by atoms with Gasteiger partial charge in [-0.3, -0.25) is 0 Å². The van der Waals surface area contributed by atoms with Crippen LogP contribution in [-0.4, -0.2) is 17.6 Å². The average molecular weight is 165 g/mol. The number of alkyl halides is 1. The second-order valence-corrected chi connectivity index (χ2v) is 3.18. The van der Waals surface area contributed by atoms with Gasteiger partial charge in [-0.05, 0) is 18.8 Å². The molecular weight excluding hydrogens is 148 g/mol. The van der Waals surface area contributed by atoms with Gasteiger partial charge in [-0.25, -0.2) is 0 Å². The third-order valence-corrected chi connectivity index (χ3v) is 1.93. The van der Waals surface area contributed by atoms with E-state index in [2.05, 4.69) is 6.92 Å². The first kappa shape index (κ1) is 10.2. The minimum atomic E-state index is 0.327. The predicted molar refractivity (Wildman–Crippen MR) is 45.4 cm³/mol. The molecule has 0 rings (SSSR count). The van der Waals surface area contributed by atoms with Gasteiger partial charge in [0.15, 0.2) is 0 Å². The summed E-state index contributed by atoms with van der Waals surface area (Å²) in [6, 6.07) is 0. The Balaban J connectivity index is 2.97. The van der Waals surface area contributed by atoms with Crippen molar-refractivity contribution in [1.82, 2.24) is 0 Å². The fourth-order valence-corrected chi connectivity index (χ4v) is 1.31. The molecule has 0 aromatic rings. The van der Waals surface area contributed by atoms with Gasteiger partial charge in [-0.2, -0.15) is 0 Å². The van der Waals surface area contributed by atoms with Crippen LogP contribution in [0.15, 0.2) is 0 Å². The fourth-order valence-electron chi connectivity index (χ4n) is 0.935. The summed E-state index contributed by atoms with van der Waals surface area (Å²) >= 11 is 5.56. The van der Waals surface area contributed by atoms with Crippen LogP contribution in [0.4, 0.5) is 0 Å². The van der Waals surface area contributed by atoms with Crippen molar-refractivity contribution < 1.29 is 5.11 Å². The number of rotatable bonds is 6. The van der Waals surface area contributed by atoms with Crippen molar-refractivity contribution in [1.29, 1.82) is 0 Å². The summed E-state index contributed by atoms with van der Waals surface area (Å²) in [5.41, 5.74) is 0. The van der Waals surface area contributed by atoms with Gasteiger partial charge in [-0.1, -0.05) is 19.8 Å². The minimum Gasteiger partial charge on any atom is -0.396 e. The summed E-state index contributed by atoms with van der Waals surface area (Å²) in [7, 11) is 0. The van der Waals surface area contributed by atoms with Gasteiger partial charge in [-0.15, -0.1) is 11.6 Å². The summed E-state index contributed by atoms with van der Waals surface area (Å²) in [6.45, 7) is 2.54. The molecule has 0 aliphatic rings. The van der Waals surface area contributed by atoms with Gasteiger partial charge >= 0.3 is 0 Å². The Hall–Kier alpha value is 0.250. The van der Waals surface area contributed by atoms with Crippen LogP contribution in [0.25, 0.3) is 0 Å². The van der Waals surface area contributed by atoms with Crippen LogP contribution in [-0.2, 0) is 0 Å². The maximum Gasteiger partial charge on any atom is 0.0431 e. The molecule has 2 heteroatoms. The lowest BCUT2D eigenvalue weighted by Crippen LogP contribution is -1.96. The first-order chi connectivity index (χ1) is 4.81. The molecule has 10 heavy (non-hydrogen) atoms. The van der Waals surface area contributed by atoms with Crippen molar-refractivity contribution in [3.63, 3.8) is 0 Å². The molecule has 0 bridgehead atoms. The van der Waals surface area contributed by atoms with E-state index >= 15 is 0 Å². The molecule has 0 amide bonds. The normalized spacial score (nSPS) is 13.5. The lowest BCUT2D eigenvalue weighted by Gasteiger charge is -2.07. The van der Waals surface area contributed by atoms with Crippen LogP contribution in [0.1, 0.15) is 32.6 Å². The standard InChI is InChI=1S/C8H17ClO/c1-8(5-6-9)4-2-3-7-10/h8,10H,2-7H2,1H3. The highest BCUT2D eigenvalue weighted by Crippen LogP contribution is 2.11. The fraction of sp³-hybridized carbons (Fsp3) is 1.00. The Morgan fingerprint density at radius 1 is 1.30 bits per heavy atom. The van der Waals surface area contributed by atoms with Gasteiger partial charge in [0.2, 0.25) is 0 Å². The van der Waals surface area contributed by atoms with E-state index in [1.165, 1.54) is 6.42 Å². The van der Waals surface area contributed by atoms with Crippen LogP contribution in [0, 0.1) is 5.92 Å². The summed E-state index contributed by atoms with van der Waals surface area (Å²) in [5, 5.41) is 8.48. The third kappa shape index (κ3) is 6.37. The average Bonchev–Trinajstić information content (AvgIpc) is 1.89. The second kappa shape index (κ2) is 7.36. The number of unbranched alkanes of at least 4 members (excludes halogenated alkanes) is 1. The highest BCUT2D eigenvalue weighted by atomic mass is 35.5. The molecule has 0 saturated carbocycles. The SMILES string of the molecule is CC(CCCl)CCCCO. The van der Waals surface area contributed by atoms with Crippen molar-refractivity contribution in [2.24, 2.45) is 5.92 Å². The van der Waals surface area contributed by atoms with Crippen molar-refractivity contribution >= 4 is 11.6 Å². The quantitative estimate of drug-likeness (QED) is 0.472. The maximum atomic E-state index is 8.48. The molecule has 0 spiro atoms. The third-order valence-electron chi connectivity index (χ3n) is 1.71. The van der Waals surface area contributed by atoms with Crippen LogP contribution in [0.5, 0.6) is 0 Å². The monoisotopic (exact) mass is 164 g/mol. The molecule has 1 unspecified atom stereocenters. The number of hydrogen-bond donors (Lipinski definition) is 1. The Kier molecular flexibility index (Phi) is 7.54. The molecular formula is C8H17ClO. The van der Waals surface area contributed by atoms with E-state index in [0.717, 1.165) is 31.1 Å². The molecule has 1 N–H and O–H groups in total. The summed E-state index contributed by atoms with van der Waals surface area (Å²) < 4.78 is 0. The Labute approximate surface area is 68.4 Å². The minimum absolute atomic E-state index is 0.327. The molecule has 1 atom stereocenters. The molecule has 0 saturated heterocycles. The molecule has 0 aliphatic carbocycles. The van der Waals surface area contributed by atoms with Gasteiger partial charge in [0.1, 0.15) is 0 Å². The summed E-state index contributed by atoms with van der Waals surface area (Å²) in [4.78, 5) is 0. The van der Waals surface area contributed by atoms with Crippen molar-refractivity contribution in [3.8, 4) is 0 Å². The first-order valence-corrected chi connectivity index (χ1v) is 4.51. The van der Waals surface area contributed by atoms with Gasteiger partial charge in [0, 0.05) is 12.5 Å². The Morgan fingerprint density at radius 2 is 2.00 bits per heavy atom. The largest absolute Gasteiger partial charge is 0.396 e. The molecule has 0 radical (unpaired) electrons. The lowest BCUT2D eigenvalue weighted by molar-refractivity contribution is 0.278. The zero-order chi connectivity index (χ0) is 7.82. The zero-order valence-electron chi connectivity index (χ0n) is 6.65. The van der Waals surface area contributed by atoms with Crippen molar-refractivity contribution in [2.75, 3.05) is 12.5 Å². The smallest absolute Gasteiger partial charge is 0.0431 e. The van der Waals surface area contributed by atoms with Crippen LogP contribution in [0.2, 0.25) is 0 Å². The molecule has 0 aromatic carbocycles. The predicted octanol–water partition coefficient (Wildman–Crippen LogP) is 2.41. The van der Waals surface area contributed by atoms with E-state index in [0.29, 0.717) is 6.61 Å². The van der Waals surface area contributed by atoms with E-state index in [4.69, 9.17) is 16.7 Å². The van der Waals surface area contributed by atoms with E-state index in [-0.39, 0.29) is 0 Å². The first-order valence-electron chi connectivity index (χ1n) is 3.98. The number of halogens is 1. The molecule has 0 aromatic heterocycles. The van der Waals surface area contributed by atoms with E-state index < -0.39 is 0 Å². The maximum absolute atomic E-state index is 8.48. The molecule has 1 nitrogen and oxygen atoms in total. The van der Waals surface area contributed by atoms with Crippen molar-refractivity contribution in [3.05, 3.63) is 0 Å². The van der Waals surface area contributed by atoms with Gasteiger partial charge < -0.3 is 5.11 Å². The summed E-state index contributed by atoms with van der Waals surface area (Å²) in [5.74, 6) is 1.49. The van der Waals surface area contributed by atoms with Crippen molar-refractivity contribution in [2.45, 2.75) is 32.6 Å². The highest BCUT2D eigenvalue weighted by Gasteiger charge is 1.99. The molecule has 62 valence electrons. The molecule has 0 heterocycles. The second-order valence-electron chi connectivity index (χ2n) is 2.80. The topological polar surface area (TPSA) is 20.2 Å². The van der Waals surface area contributed by atoms with Crippen LogP contribution in [0.3, 0.4) is 0 Å². The zero-order valence-corrected chi connectivity index (χ0v) is 7.40. The summed E-state index contributed by atoms with van der Waals surface area (Å²) in [6.07, 6.45) is 4.38. The van der Waals surface area contributed by atoms with E-state index in [1.54, 1.807) is 0 Å². The highest BCUT2D eigenvalue weighted by molar-refractivity contribution is 6.17. The van der Waals surface area contributed by atoms with E-state index in [1.807, 2.05) is 0 Å². The van der Waals surface area contributed by atoms with Gasteiger partial charge in [0.05, 0.1) is 0 Å². The number of aliphatic hydroxyl groups is 1. The Morgan fingerprint density at radius 3 is 2.50 bits per heavy atom. The number of aliphatic hydroxyl groups excluding tert-OH is 1. The Bertz CT molecular complexity index is 66.3. The van der Waals surface area contributed by atoms with Crippen LogP contribution >= 0.6 is 11.6 Å².